The van der Waals surface area contributed by atoms with Crippen LogP contribution < -0.4 is 0 Å². The molecule has 2 aromatic carbocycles. The van der Waals surface area contributed by atoms with Gasteiger partial charge in [-0.2, -0.15) is 3.15 Å². The Balaban J connectivity index is 1.43. The van der Waals surface area contributed by atoms with E-state index in [1.807, 2.05) is 37.3 Å². The van der Waals surface area contributed by atoms with E-state index in [4.69, 9.17) is 7.90 Å². The van der Waals surface area contributed by atoms with Crippen molar-refractivity contribution in [3.05, 3.63) is 77.5 Å². The number of Topliss-reactive ketones (excluding diaryl/α,β-unsaturated/α-hetero) is 1. The van der Waals surface area contributed by atoms with E-state index in [0.717, 1.165) is 11.1 Å². The van der Waals surface area contributed by atoms with Gasteiger partial charge in [-0.15, -0.1) is 0 Å². The number of carbonyl (C=O) groups is 2. The Morgan fingerprint density at radius 2 is 1.84 bits per heavy atom. The minimum absolute atomic E-state index is 0.159. The number of hydrogen-bond acceptors (Lipinski definition) is 6. The highest BCUT2D eigenvalue weighted by atomic mass is 127. The molecule has 0 saturated carbocycles. The Labute approximate surface area is 197 Å². The Morgan fingerprint density at radius 3 is 2.47 bits per heavy atom. The molecular formula is C23H23IN4O4. The van der Waals surface area contributed by atoms with E-state index >= 15 is 0 Å². The second-order valence-corrected chi connectivity index (χ2v) is 8.79. The molecule has 0 N–H and O–H groups in total. The first-order chi connectivity index (χ1) is 15.6. The molecular weight excluding hydrogens is 523 g/mol. The van der Waals surface area contributed by atoms with Crippen molar-refractivity contribution in [1.82, 2.24) is 9.80 Å². The van der Waals surface area contributed by atoms with Crippen LogP contribution in [0.1, 0.15) is 28.4 Å². The van der Waals surface area contributed by atoms with Gasteiger partial charge in [0.25, 0.3) is 5.91 Å². The van der Waals surface area contributed by atoms with Gasteiger partial charge in [0.05, 0.1) is 6.20 Å². The van der Waals surface area contributed by atoms with Crippen molar-refractivity contribution in [2.24, 2.45) is 8.30 Å². The molecule has 2 aliphatic heterocycles. The fourth-order valence-corrected chi connectivity index (χ4v) is 4.78. The number of amidine groups is 1. The molecule has 1 saturated heterocycles. The summed E-state index contributed by atoms with van der Waals surface area (Å²) in [6.45, 7) is 3.46. The predicted molar refractivity (Wildman–Crippen MR) is 129 cm³/mol. The highest BCUT2D eigenvalue weighted by Gasteiger charge is 2.33. The SMILES string of the molecule is CO/N=C(\c1ccccc1)N1CCN(C(=O)C(=O)c2ccc(C3=CN=IO3)cc2)[C@H](C)C1. The predicted octanol–water partition coefficient (Wildman–Crippen LogP) is 3.81. The Morgan fingerprint density at radius 1 is 1.09 bits per heavy atom. The number of amides is 1. The lowest BCUT2D eigenvalue weighted by molar-refractivity contribution is -0.130. The molecule has 0 aliphatic carbocycles. The third-order valence-corrected chi connectivity index (χ3v) is 6.52. The van der Waals surface area contributed by atoms with Crippen molar-refractivity contribution in [3.63, 3.8) is 0 Å². The maximum atomic E-state index is 13.0. The van der Waals surface area contributed by atoms with Crippen LogP contribution in [-0.2, 0) is 12.7 Å². The Bertz CT molecular complexity index is 1080. The summed E-state index contributed by atoms with van der Waals surface area (Å²) >= 11 is -0.612. The summed E-state index contributed by atoms with van der Waals surface area (Å²) in [5, 5.41) is 4.20. The third-order valence-electron chi connectivity index (χ3n) is 5.35. The molecule has 1 fully saturated rings. The average molecular weight is 546 g/mol. The van der Waals surface area contributed by atoms with Crippen molar-refractivity contribution in [1.29, 1.82) is 0 Å². The largest absolute Gasteiger partial charge is 0.417 e. The molecule has 2 aromatic rings. The van der Waals surface area contributed by atoms with Gasteiger partial charge in [0.2, 0.25) is 27.2 Å². The van der Waals surface area contributed by atoms with Gasteiger partial charge in [-0.1, -0.05) is 59.8 Å². The van der Waals surface area contributed by atoms with E-state index < -0.39 is 33.1 Å². The lowest BCUT2D eigenvalue weighted by Crippen LogP contribution is -2.57. The van der Waals surface area contributed by atoms with Gasteiger partial charge in [0, 0.05) is 42.4 Å². The smallest absolute Gasteiger partial charge is 0.295 e. The van der Waals surface area contributed by atoms with Crippen LogP contribution in [0.25, 0.3) is 5.76 Å². The van der Waals surface area contributed by atoms with E-state index in [9.17, 15) is 9.59 Å². The van der Waals surface area contributed by atoms with Crippen LogP contribution in [0.2, 0.25) is 0 Å². The summed E-state index contributed by atoms with van der Waals surface area (Å²) in [6, 6.07) is 16.5. The number of hydrogen-bond donors (Lipinski definition) is 0. The second-order valence-electron chi connectivity index (χ2n) is 7.40. The van der Waals surface area contributed by atoms with Gasteiger partial charge in [-0.3, -0.25) is 9.59 Å². The van der Waals surface area contributed by atoms with Crippen LogP contribution in [-0.4, -0.2) is 60.1 Å². The summed E-state index contributed by atoms with van der Waals surface area (Å²) in [7, 11) is 1.52. The van der Waals surface area contributed by atoms with Gasteiger partial charge in [-0.25, -0.2) is 0 Å². The van der Waals surface area contributed by atoms with Crippen LogP contribution in [0.15, 0.2) is 69.1 Å². The van der Waals surface area contributed by atoms with E-state index in [-0.39, 0.29) is 6.04 Å². The number of halogens is 1. The summed E-state index contributed by atoms with van der Waals surface area (Å²) < 4.78 is 9.62. The van der Waals surface area contributed by atoms with Crippen LogP contribution in [0.4, 0.5) is 0 Å². The molecule has 0 aromatic heterocycles. The number of benzene rings is 2. The fraction of sp³-hybridized carbons (Fsp3) is 0.261. The van der Waals surface area contributed by atoms with Crippen LogP contribution >= 0.6 is 21.4 Å². The number of piperazine rings is 1. The van der Waals surface area contributed by atoms with Crippen molar-refractivity contribution < 1.29 is 17.5 Å². The summed E-state index contributed by atoms with van der Waals surface area (Å²) in [5.41, 5.74) is 2.15. The highest BCUT2D eigenvalue weighted by Crippen LogP contribution is 2.28. The maximum Gasteiger partial charge on any atom is 0.295 e. The minimum atomic E-state index is -0.612. The number of nitrogens with zero attached hydrogens (tertiary/aromatic N) is 4. The molecule has 1 atom stereocenters. The Kier molecular flexibility index (Phi) is 6.93. The molecule has 32 heavy (non-hydrogen) atoms. The van der Waals surface area contributed by atoms with Crippen molar-refractivity contribution in [2.75, 3.05) is 26.7 Å². The third kappa shape index (κ3) is 4.72. The molecule has 4 rings (SSSR count). The molecule has 2 heterocycles. The zero-order valence-electron chi connectivity index (χ0n) is 17.8. The zero-order valence-corrected chi connectivity index (χ0v) is 19.9. The zero-order chi connectivity index (χ0) is 22.5. The van der Waals surface area contributed by atoms with E-state index in [1.165, 1.54) is 7.11 Å². The van der Waals surface area contributed by atoms with E-state index in [0.29, 0.717) is 36.8 Å². The lowest BCUT2D eigenvalue weighted by Gasteiger charge is -2.40. The van der Waals surface area contributed by atoms with Crippen LogP contribution in [0.5, 0.6) is 0 Å². The Hall–Kier alpha value is -3.08. The number of carbonyl (C=O) groups excluding carboxylic acids is 2. The van der Waals surface area contributed by atoms with Gasteiger partial charge in [0.15, 0.2) is 11.6 Å². The number of rotatable bonds is 5. The van der Waals surface area contributed by atoms with Crippen LogP contribution in [0, 0.1) is 0 Å². The standard InChI is InChI=1S/C23H23IN4O4/c1-16-15-27(22(26-31-2)19-6-4-3-5-7-19)12-13-28(16)23(30)21(29)18-10-8-17(9-11-18)20-14-25-24-32-20/h3-11,14,16H,12-13,15H2,1-2H3/b26-22+/t16-/m1/s1. The molecule has 0 radical (unpaired) electrons. The van der Waals surface area contributed by atoms with Gasteiger partial charge in [0.1, 0.15) is 7.11 Å². The quantitative estimate of drug-likeness (QED) is 0.142. The molecule has 8 nitrogen and oxygen atoms in total. The molecule has 0 bridgehead atoms. The van der Waals surface area contributed by atoms with Gasteiger partial charge >= 0.3 is 0 Å². The first kappa shape index (κ1) is 22.1. The first-order valence-electron chi connectivity index (χ1n) is 10.2. The van der Waals surface area contributed by atoms with E-state index in [2.05, 4.69) is 13.2 Å². The summed E-state index contributed by atoms with van der Waals surface area (Å²) in [4.78, 5) is 34.6. The molecule has 166 valence electrons. The fourth-order valence-electron chi connectivity index (χ4n) is 3.72. The van der Waals surface area contributed by atoms with Gasteiger partial charge < -0.3 is 17.7 Å². The lowest BCUT2D eigenvalue weighted by atomic mass is 10.0. The average Bonchev–Trinajstić information content (AvgIpc) is 3.37. The number of oxime groups is 1. The maximum absolute atomic E-state index is 13.0. The van der Waals surface area contributed by atoms with Crippen molar-refractivity contribution in [2.45, 2.75) is 13.0 Å². The molecule has 1 amide bonds. The molecule has 0 unspecified atom stereocenters. The highest BCUT2D eigenvalue weighted by molar-refractivity contribution is 14.1. The topological polar surface area (TPSA) is 83.8 Å². The number of ketones is 1. The van der Waals surface area contributed by atoms with Crippen molar-refractivity contribution in [3.8, 4) is 0 Å². The first-order valence-corrected chi connectivity index (χ1v) is 12.0. The van der Waals surface area contributed by atoms with Crippen molar-refractivity contribution >= 4 is 44.7 Å². The molecule has 2 aliphatic rings. The normalized spacial score (nSPS) is 18.5. The monoisotopic (exact) mass is 546 g/mol. The molecule has 9 heteroatoms. The summed E-state index contributed by atoms with van der Waals surface area (Å²) in [6.07, 6.45) is 1.70. The summed E-state index contributed by atoms with van der Waals surface area (Å²) in [5.74, 6) is 0.419. The van der Waals surface area contributed by atoms with Crippen LogP contribution in [0.3, 0.4) is 0 Å². The van der Waals surface area contributed by atoms with Gasteiger partial charge in [-0.05, 0) is 6.92 Å². The molecule has 0 spiro atoms. The minimum Gasteiger partial charge on any atom is -0.417 e. The van der Waals surface area contributed by atoms with E-state index in [1.54, 1.807) is 35.4 Å². The second kappa shape index (κ2) is 10.0.